The van der Waals surface area contributed by atoms with Gasteiger partial charge in [0.05, 0.1) is 6.61 Å². The molecule has 2 aromatic carbocycles. The van der Waals surface area contributed by atoms with E-state index in [-0.39, 0.29) is 36.3 Å². The smallest absolute Gasteiger partial charge is 0.258 e. The van der Waals surface area contributed by atoms with E-state index in [1.165, 1.54) is 5.56 Å². The highest BCUT2D eigenvalue weighted by molar-refractivity contribution is 7.11. The first kappa shape index (κ1) is 19.9. The minimum Gasteiger partial charge on any atom is -0.492 e. The van der Waals surface area contributed by atoms with Crippen LogP contribution in [0, 0.1) is 5.41 Å². The first-order valence-corrected chi connectivity index (χ1v) is 10.2. The van der Waals surface area contributed by atoms with E-state index in [4.69, 9.17) is 10.5 Å². The van der Waals surface area contributed by atoms with Crippen molar-refractivity contribution in [3.63, 3.8) is 0 Å². The lowest BCUT2D eigenvalue weighted by Gasteiger charge is -2.17. The van der Waals surface area contributed by atoms with Crippen LogP contribution >= 0.6 is 11.5 Å². The van der Waals surface area contributed by atoms with Crippen molar-refractivity contribution in [3.8, 4) is 5.88 Å². The van der Waals surface area contributed by atoms with Crippen molar-refractivity contribution in [1.82, 2.24) is 9.69 Å². The number of nitrogens with one attached hydrogen (secondary N) is 3. The lowest BCUT2D eigenvalue weighted by atomic mass is 10.1. The number of aromatic nitrogens is 1. The van der Waals surface area contributed by atoms with Gasteiger partial charge < -0.3 is 25.7 Å². The molecule has 0 saturated heterocycles. The van der Waals surface area contributed by atoms with Crippen LogP contribution in [0.1, 0.15) is 21.5 Å². The van der Waals surface area contributed by atoms with Crippen molar-refractivity contribution in [1.29, 1.82) is 5.41 Å². The second-order valence-electron chi connectivity index (χ2n) is 6.77. The van der Waals surface area contributed by atoms with Crippen molar-refractivity contribution in [3.05, 3.63) is 65.2 Å². The number of rotatable bonds is 6. The highest BCUT2D eigenvalue weighted by Gasteiger charge is 2.25. The summed E-state index contributed by atoms with van der Waals surface area (Å²) in [5.74, 6) is -0.327. The normalized spacial score (nSPS) is 12.5. The molecule has 0 atom stereocenters. The number of hydrogen-bond donors (Lipinski definition) is 5. The number of carbonyl (C=O) groups is 1. The molecule has 1 aromatic heterocycles. The highest BCUT2D eigenvalue weighted by Crippen LogP contribution is 2.33. The third-order valence-corrected chi connectivity index (χ3v) is 5.61. The largest absolute Gasteiger partial charge is 0.492 e. The molecule has 1 aliphatic rings. The number of nitrogens with zero attached hydrogens (tertiary/aromatic N) is 2. The lowest BCUT2D eigenvalue weighted by Crippen LogP contribution is -2.28. The van der Waals surface area contributed by atoms with Gasteiger partial charge in [-0.3, -0.25) is 10.2 Å². The van der Waals surface area contributed by atoms with Gasteiger partial charge in [-0.2, -0.15) is 4.37 Å². The standard InChI is InChI=1S/C21H21N5O3S/c22-18(23-10-12-27)17-19(28)25-30-20(17)24-15-7-5-14(6-8-15)21(29)26-11-9-13-3-1-2-4-16(13)26/h1-8,24,27H,9-12H2,(H2,22,23)(H,25,28). The average molecular weight is 423 g/mol. The number of anilines is 3. The highest BCUT2D eigenvalue weighted by atomic mass is 32.1. The Morgan fingerprint density at radius 3 is 2.73 bits per heavy atom. The maximum absolute atomic E-state index is 12.9. The zero-order chi connectivity index (χ0) is 21.1. The fraction of sp³-hybridized carbons (Fsp3) is 0.190. The van der Waals surface area contributed by atoms with Crippen LogP contribution in [0.4, 0.5) is 16.4 Å². The van der Waals surface area contributed by atoms with Crippen molar-refractivity contribution < 1.29 is 15.0 Å². The average Bonchev–Trinajstić information content (AvgIpc) is 3.35. The second-order valence-corrected chi connectivity index (χ2v) is 7.55. The van der Waals surface area contributed by atoms with E-state index in [1.54, 1.807) is 29.2 Å². The van der Waals surface area contributed by atoms with Crippen LogP contribution in [0.15, 0.2) is 48.5 Å². The number of aromatic hydroxyl groups is 1. The molecule has 30 heavy (non-hydrogen) atoms. The second kappa shape index (κ2) is 8.52. The number of benzene rings is 2. The molecule has 154 valence electrons. The Hall–Kier alpha value is -3.43. The van der Waals surface area contributed by atoms with Gasteiger partial charge in [-0.15, -0.1) is 0 Å². The van der Waals surface area contributed by atoms with E-state index in [2.05, 4.69) is 15.0 Å². The Morgan fingerprint density at radius 2 is 1.97 bits per heavy atom. The van der Waals surface area contributed by atoms with Gasteiger partial charge in [0.2, 0.25) is 5.88 Å². The molecule has 0 aliphatic carbocycles. The topological polar surface area (TPSA) is 122 Å². The van der Waals surface area contributed by atoms with E-state index < -0.39 is 0 Å². The molecule has 0 fully saturated rings. The van der Waals surface area contributed by atoms with Gasteiger partial charge in [0.25, 0.3) is 5.91 Å². The number of para-hydroxylation sites is 1. The van der Waals surface area contributed by atoms with Crippen LogP contribution in [0.2, 0.25) is 0 Å². The number of carbonyl (C=O) groups excluding carboxylic acids is 1. The lowest BCUT2D eigenvalue weighted by molar-refractivity contribution is 0.0989. The van der Waals surface area contributed by atoms with Gasteiger partial charge in [0.15, 0.2) is 0 Å². The predicted octanol–water partition coefficient (Wildman–Crippen LogP) is 2.70. The maximum Gasteiger partial charge on any atom is 0.258 e. The molecule has 5 N–H and O–H groups in total. The summed E-state index contributed by atoms with van der Waals surface area (Å²) in [5, 5.41) is 33.2. The number of aliphatic hydroxyl groups is 1. The first-order chi connectivity index (χ1) is 14.6. The van der Waals surface area contributed by atoms with Crippen LogP contribution in [0.3, 0.4) is 0 Å². The van der Waals surface area contributed by atoms with E-state index in [0.717, 1.165) is 23.6 Å². The van der Waals surface area contributed by atoms with Crippen LogP contribution in [0.25, 0.3) is 0 Å². The molecule has 0 unspecified atom stereocenters. The summed E-state index contributed by atoms with van der Waals surface area (Å²) in [6.45, 7) is 0.745. The molecule has 0 radical (unpaired) electrons. The summed E-state index contributed by atoms with van der Waals surface area (Å²) < 4.78 is 3.89. The molecule has 9 heteroatoms. The number of aliphatic hydroxyl groups excluding tert-OH is 1. The van der Waals surface area contributed by atoms with E-state index in [1.807, 2.05) is 24.3 Å². The third kappa shape index (κ3) is 3.85. The molecule has 1 aliphatic heterocycles. The number of amidine groups is 1. The Labute approximate surface area is 177 Å². The molecular formula is C21H21N5O3S. The van der Waals surface area contributed by atoms with Gasteiger partial charge in [-0.25, -0.2) is 0 Å². The van der Waals surface area contributed by atoms with Crippen molar-refractivity contribution >= 4 is 39.7 Å². The van der Waals surface area contributed by atoms with Crippen molar-refractivity contribution in [2.24, 2.45) is 0 Å². The van der Waals surface area contributed by atoms with Crippen molar-refractivity contribution in [2.45, 2.75) is 6.42 Å². The molecule has 4 rings (SSSR count). The summed E-state index contributed by atoms with van der Waals surface area (Å²) in [6, 6.07) is 15.0. The fourth-order valence-corrected chi connectivity index (χ4v) is 4.11. The zero-order valence-corrected chi connectivity index (χ0v) is 16.9. The number of hydrogen-bond acceptors (Lipinski definition) is 7. The Bertz CT molecular complexity index is 1080. The molecule has 2 heterocycles. The Balaban J connectivity index is 1.49. The Morgan fingerprint density at radius 1 is 1.20 bits per heavy atom. The van der Waals surface area contributed by atoms with Gasteiger partial charge >= 0.3 is 0 Å². The summed E-state index contributed by atoms with van der Waals surface area (Å²) in [6.07, 6.45) is 0.857. The monoisotopic (exact) mass is 423 g/mol. The van der Waals surface area contributed by atoms with Gasteiger partial charge in [0.1, 0.15) is 16.4 Å². The van der Waals surface area contributed by atoms with E-state index in [0.29, 0.717) is 22.8 Å². The molecule has 3 aromatic rings. The van der Waals surface area contributed by atoms with Crippen molar-refractivity contribution in [2.75, 3.05) is 29.9 Å². The first-order valence-electron chi connectivity index (χ1n) is 9.47. The van der Waals surface area contributed by atoms with Gasteiger partial charge in [0, 0.05) is 30.0 Å². The minimum atomic E-state index is -0.252. The summed E-state index contributed by atoms with van der Waals surface area (Å²) in [4.78, 5) is 14.7. The van der Waals surface area contributed by atoms with E-state index >= 15 is 0 Å². The molecule has 0 spiro atoms. The summed E-state index contributed by atoms with van der Waals surface area (Å²) in [5.41, 5.74) is 3.67. The number of amides is 1. The maximum atomic E-state index is 12.9. The molecular weight excluding hydrogens is 402 g/mol. The van der Waals surface area contributed by atoms with Gasteiger partial charge in [-0.05, 0) is 53.8 Å². The SMILES string of the molecule is N=C(NCCO)c1c(O)nsc1Nc1ccc(C(=O)N2CCc3ccccc32)cc1. The van der Waals surface area contributed by atoms with Crippen LogP contribution in [0.5, 0.6) is 5.88 Å². The van der Waals surface area contributed by atoms with Crippen LogP contribution in [-0.4, -0.2) is 46.0 Å². The number of fused-ring (bicyclic) bond motifs is 1. The minimum absolute atomic E-state index is 0.0303. The Kier molecular flexibility index (Phi) is 5.64. The summed E-state index contributed by atoms with van der Waals surface area (Å²) in [7, 11) is 0. The predicted molar refractivity (Wildman–Crippen MR) is 117 cm³/mol. The molecule has 0 bridgehead atoms. The summed E-state index contributed by atoms with van der Waals surface area (Å²) >= 11 is 1.03. The zero-order valence-electron chi connectivity index (χ0n) is 16.1. The quantitative estimate of drug-likeness (QED) is 0.307. The fourth-order valence-electron chi connectivity index (χ4n) is 3.39. The molecule has 8 nitrogen and oxygen atoms in total. The van der Waals surface area contributed by atoms with Crippen LogP contribution < -0.4 is 15.5 Å². The van der Waals surface area contributed by atoms with E-state index in [9.17, 15) is 9.90 Å². The van der Waals surface area contributed by atoms with Crippen LogP contribution in [-0.2, 0) is 6.42 Å². The molecule has 0 saturated carbocycles. The molecule has 1 amide bonds. The van der Waals surface area contributed by atoms with Gasteiger partial charge in [-0.1, -0.05) is 18.2 Å². The third-order valence-electron chi connectivity index (χ3n) is 4.86.